The van der Waals surface area contributed by atoms with E-state index in [-0.39, 0.29) is 0 Å². The Bertz CT molecular complexity index is 471. The van der Waals surface area contributed by atoms with E-state index in [1.807, 2.05) is 60.7 Å². The maximum atomic E-state index is 11.3. The van der Waals surface area contributed by atoms with Crippen LogP contribution in [0.3, 0.4) is 0 Å². The highest BCUT2D eigenvalue weighted by atomic mass is 16.3. The molecule has 1 unspecified atom stereocenters. The van der Waals surface area contributed by atoms with Crippen molar-refractivity contribution < 1.29 is 9.90 Å². The second-order valence-electron chi connectivity index (χ2n) is 4.15. The quantitative estimate of drug-likeness (QED) is 0.855. The molecule has 0 fully saturated rings. The largest absolute Gasteiger partial charge is 0.382 e. The average Bonchev–Trinajstić information content (AvgIpc) is 2.41. The molecular weight excluding hydrogens is 226 g/mol. The molecule has 0 heterocycles. The van der Waals surface area contributed by atoms with E-state index in [4.69, 9.17) is 5.73 Å². The van der Waals surface area contributed by atoms with Crippen LogP contribution in [0.1, 0.15) is 17.0 Å². The molecule has 3 heteroatoms. The highest BCUT2D eigenvalue weighted by Crippen LogP contribution is 2.27. The van der Waals surface area contributed by atoms with Gasteiger partial charge in [-0.1, -0.05) is 60.7 Å². The number of amides is 1. The molecule has 1 atom stereocenters. The van der Waals surface area contributed by atoms with Gasteiger partial charge in [0.15, 0.2) is 0 Å². The fraction of sp³-hybridized carbons (Fsp3) is 0.133. The standard InChI is InChI=1S/C15H15NO2/c16-15(18)14(17)13(11-7-3-1-4-8-11)12-9-5-2-6-10-12/h1-10,13-14,17H,(H2,16,18). The lowest BCUT2D eigenvalue weighted by atomic mass is 9.86. The maximum Gasteiger partial charge on any atom is 0.247 e. The van der Waals surface area contributed by atoms with Crippen molar-refractivity contribution in [1.29, 1.82) is 0 Å². The van der Waals surface area contributed by atoms with Gasteiger partial charge >= 0.3 is 0 Å². The van der Waals surface area contributed by atoms with Crippen molar-refractivity contribution in [2.75, 3.05) is 0 Å². The SMILES string of the molecule is NC(=O)C(O)C(c1ccccc1)c1ccccc1. The highest BCUT2D eigenvalue weighted by molar-refractivity contribution is 5.80. The summed E-state index contributed by atoms with van der Waals surface area (Å²) in [5, 5.41) is 10.0. The van der Waals surface area contributed by atoms with Gasteiger partial charge in [0.05, 0.1) is 0 Å². The van der Waals surface area contributed by atoms with Gasteiger partial charge < -0.3 is 10.8 Å². The number of aliphatic hydroxyl groups excluding tert-OH is 1. The third kappa shape index (κ3) is 2.57. The van der Waals surface area contributed by atoms with Crippen molar-refractivity contribution in [1.82, 2.24) is 0 Å². The lowest BCUT2D eigenvalue weighted by molar-refractivity contribution is -0.126. The van der Waals surface area contributed by atoms with Crippen LogP contribution in [0.25, 0.3) is 0 Å². The van der Waals surface area contributed by atoms with Crippen LogP contribution < -0.4 is 5.73 Å². The lowest BCUT2D eigenvalue weighted by Gasteiger charge is -2.21. The Balaban J connectivity index is 2.45. The minimum absolute atomic E-state index is 0.426. The van der Waals surface area contributed by atoms with Gasteiger partial charge in [0.1, 0.15) is 6.10 Å². The van der Waals surface area contributed by atoms with Crippen molar-refractivity contribution >= 4 is 5.91 Å². The molecule has 2 rings (SSSR count). The summed E-state index contributed by atoms with van der Waals surface area (Å²) in [4.78, 5) is 11.3. The van der Waals surface area contributed by atoms with Crippen molar-refractivity contribution in [3.05, 3.63) is 71.8 Å². The molecule has 0 bridgehead atoms. The van der Waals surface area contributed by atoms with Gasteiger partial charge in [-0.25, -0.2) is 0 Å². The van der Waals surface area contributed by atoms with Gasteiger partial charge in [-0.05, 0) is 11.1 Å². The van der Waals surface area contributed by atoms with Crippen LogP contribution in [-0.2, 0) is 4.79 Å². The predicted octanol–water partition coefficient (Wildman–Crippen LogP) is 1.66. The average molecular weight is 241 g/mol. The van der Waals surface area contributed by atoms with Crippen LogP contribution in [0, 0.1) is 0 Å². The molecule has 1 amide bonds. The first-order valence-corrected chi connectivity index (χ1v) is 5.77. The molecule has 0 radical (unpaired) electrons. The Morgan fingerprint density at radius 2 is 1.28 bits per heavy atom. The zero-order valence-electron chi connectivity index (χ0n) is 9.86. The third-order valence-electron chi connectivity index (χ3n) is 2.92. The summed E-state index contributed by atoms with van der Waals surface area (Å²) < 4.78 is 0. The predicted molar refractivity (Wildman–Crippen MR) is 69.9 cm³/mol. The van der Waals surface area contributed by atoms with Crippen LogP contribution in [-0.4, -0.2) is 17.1 Å². The van der Waals surface area contributed by atoms with E-state index in [1.165, 1.54) is 0 Å². The molecule has 3 N–H and O–H groups in total. The van der Waals surface area contributed by atoms with Crippen LogP contribution in [0.4, 0.5) is 0 Å². The number of hydrogen-bond donors (Lipinski definition) is 2. The molecule has 0 aliphatic heterocycles. The van der Waals surface area contributed by atoms with Crippen molar-refractivity contribution in [3.63, 3.8) is 0 Å². The highest BCUT2D eigenvalue weighted by Gasteiger charge is 2.26. The number of rotatable bonds is 4. The summed E-state index contributed by atoms with van der Waals surface area (Å²) in [5.41, 5.74) is 6.96. The third-order valence-corrected chi connectivity index (χ3v) is 2.92. The molecule has 3 nitrogen and oxygen atoms in total. The maximum absolute atomic E-state index is 11.3. The van der Waals surface area contributed by atoms with E-state index >= 15 is 0 Å². The molecule has 0 spiro atoms. The van der Waals surface area contributed by atoms with E-state index in [1.54, 1.807) is 0 Å². The molecule has 0 saturated carbocycles. The minimum Gasteiger partial charge on any atom is -0.382 e. The molecule has 2 aromatic carbocycles. The number of nitrogens with two attached hydrogens (primary N) is 1. The van der Waals surface area contributed by atoms with Gasteiger partial charge in [0.2, 0.25) is 5.91 Å². The van der Waals surface area contributed by atoms with Crippen LogP contribution in [0.15, 0.2) is 60.7 Å². The van der Waals surface area contributed by atoms with Crippen LogP contribution >= 0.6 is 0 Å². The Labute approximate surface area is 106 Å². The summed E-state index contributed by atoms with van der Waals surface area (Å²) in [7, 11) is 0. The van der Waals surface area contributed by atoms with Gasteiger partial charge in [-0.15, -0.1) is 0 Å². The van der Waals surface area contributed by atoms with E-state index in [0.29, 0.717) is 0 Å². The Morgan fingerprint density at radius 3 is 1.61 bits per heavy atom. The molecule has 92 valence electrons. The monoisotopic (exact) mass is 241 g/mol. The Hall–Kier alpha value is -2.13. The summed E-state index contributed by atoms with van der Waals surface area (Å²) in [6, 6.07) is 18.8. The normalized spacial score (nSPS) is 12.3. The van der Waals surface area contributed by atoms with Gasteiger partial charge in [0.25, 0.3) is 0 Å². The van der Waals surface area contributed by atoms with Crippen molar-refractivity contribution in [2.24, 2.45) is 5.73 Å². The fourth-order valence-corrected chi connectivity index (χ4v) is 2.04. The summed E-state index contributed by atoms with van der Waals surface area (Å²) in [6.07, 6.45) is -1.23. The zero-order valence-corrected chi connectivity index (χ0v) is 9.86. The molecule has 0 aliphatic carbocycles. The van der Waals surface area contributed by atoms with E-state index in [2.05, 4.69) is 0 Å². The smallest absolute Gasteiger partial charge is 0.247 e. The van der Waals surface area contributed by atoms with Crippen molar-refractivity contribution in [3.8, 4) is 0 Å². The van der Waals surface area contributed by atoms with Gasteiger partial charge in [-0.3, -0.25) is 4.79 Å². The van der Waals surface area contributed by atoms with Gasteiger partial charge in [0, 0.05) is 5.92 Å². The van der Waals surface area contributed by atoms with Gasteiger partial charge in [-0.2, -0.15) is 0 Å². The number of carbonyl (C=O) groups is 1. The number of hydrogen-bond acceptors (Lipinski definition) is 2. The molecule has 0 saturated heterocycles. The topological polar surface area (TPSA) is 63.3 Å². The molecular formula is C15H15NO2. The first-order valence-electron chi connectivity index (χ1n) is 5.77. The zero-order chi connectivity index (χ0) is 13.0. The molecule has 2 aromatic rings. The van der Waals surface area contributed by atoms with E-state index in [0.717, 1.165) is 11.1 Å². The second kappa shape index (κ2) is 5.47. The fourth-order valence-electron chi connectivity index (χ4n) is 2.04. The number of aliphatic hydroxyl groups is 1. The Kier molecular flexibility index (Phi) is 3.75. The summed E-state index contributed by atoms with van der Waals surface area (Å²) >= 11 is 0. The number of primary amides is 1. The first kappa shape index (κ1) is 12.3. The minimum atomic E-state index is -1.23. The molecule has 0 aliphatic rings. The summed E-state index contributed by atoms with van der Waals surface area (Å²) in [5.74, 6) is -1.14. The van der Waals surface area contributed by atoms with Crippen LogP contribution in [0.5, 0.6) is 0 Å². The van der Waals surface area contributed by atoms with E-state index < -0.39 is 17.9 Å². The lowest BCUT2D eigenvalue weighted by Crippen LogP contribution is -2.34. The Morgan fingerprint density at radius 1 is 0.889 bits per heavy atom. The molecule has 18 heavy (non-hydrogen) atoms. The first-order chi connectivity index (χ1) is 8.70. The summed E-state index contributed by atoms with van der Waals surface area (Å²) in [6.45, 7) is 0. The second-order valence-corrected chi connectivity index (χ2v) is 4.15. The van der Waals surface area contributed by atoms with Crippen LogP contribution in [0.2, 0.25) is 0 Å². The van der Waals surface area contributed by atoms with E-state index in [9.17, 15) is 9.90 Å². The molecule has 0 aromatic heterocycles. The van der Waals surface area contributed by atoms with Crippen molar-refractivity contribution in [2.45, 2.75) is 12.0 Å². The number of benzene rings is 2. The number of carbonyl (C=O) groups excluding carboxylic acids is 1.